The number of halogens is 1. The normalized spacial score (nSPS) is 21.0. The minimum absolute atomic E-state index is 0.0168. The van der Waals surface area contributed by atoms with Gasteiger partial charge in [0.1, 0.15) is 17.8 Å². The number of carbonyl (C=O) groups excluding carboxylic acids is 2. The maximum Gasteiger partial charge on any atom is 0.325 e. The lowest BCUT2D eigenvalue weighted by atomic mass is 9.92. The molecule has 1 aromatic heterocycles. The molecule has 2 aromatic rings. The van der Waals surface area contributed by atoms with E-state index in [2.05, 4.69) is 26.2 Å². The maximum absolute atomic E-state index is 12.8. The summed E-state index contributed by atoms with van der Waals surface area (Å²) in [5.41, 5.74) is 0.367. The van der Waals surface area contributed by atoms with Gasteiger partial charge in [-0.3, -0.25) is 9.69 Å². The van der Waals surface area contributed by atoms with Crippen LogP contribution in [-0.2, 0) is 16.9 Å². The predicted octanol–water partition coefficient (Wildman–Crippen LogP) is 3.02. The number of nitrogens with zero attached hydrogens (tertiary/aromatic N) is 2. The minimum atomic E-state index is -1.10. The van der Waals surface area contributed by atoms with Gasteiger partial charge < -0.3 is 9.73 Å². The van der Waals surface area contributed by atoms with Crippen molar-refractivity contribution in [1.82, 2.24) is 15.2 Å². The van der Waals surface area contributed by atoms with Crippen LogP contribution in [0.2, 0.25) is 0 Å². The zero-order chi connectivity index (χ0) is 16.8. The lowest BCUT2D eigenvalue weighted by Crippen LogP contribution is -2.40. The number of imide groups is 1. The van der Waals surface area contributed by atoms with Gasteiger partial charge >= 0.3 is 6.03 Å². The first-order valence-corrected chi connectivity index (χ1v) is 7.93. The Morgan fingerprint density at radius 2 is 2.09 bits per heavy atom. The Bertz CT molecular complexity index is 782. The Kier molecular flexibility index (Phi) is 3.75. The van der Waals surface area contributed by atoms with Gasteiger partial charge in [-0.15, -0.1) is 0 Å². The monoisotopic (exact) mass is 377 g/mol. The van der Waals surface area contributed by atoms with Crippen LogP contribution in [0.5, 0.6) is 0 Å². The molecule has 0 bridgehead atoms. The van der Waals surface area contributed by atoms with E-state index in [1.165, 1.54) is 0 Å². The number of nitrogens with one attached hydrogen (secondary N) is 1. The molecule has 2 heterocycles. The van der Waals surface area contributed by atoms with Gasteiger partial charge in [-0.05, 0) is 38.5 Å². The third kappa shape index (κ3) is 2.65. The highest BCUT2D eigenvalue weighted by Gasteiger charge is 2.49. The van der Waals surface area contributed by atoms with Crippen molar-refractivity contribution in [3.63, 3.8) is 0 Å². The van der Waals surface area contributed by atoms with E-state index >= 15 is 0 Å². The molecular formula is C16H16BrN3O3. The molecule has 1 N–H and O–H groups in total. The third-order valence-electron chi connectivity index (χ3n) is 4.04. The number of aromatic nitrogens is 1. The fraction of sp³-hybridized carbons (Fsp3) is 0.312. The number of carbonyl (C=O) groups is 2. The van der Waals surface area contributed by atoms with Gasteiger partial charge in [0.2, 0.25) is 5.89 Å². The summed E-state index contributed by atoms with van der Waals surface area (Å²) in [6.07, 6.45) is 0. The molecule has 1 atom stereocenters. The molecule has 23 heavy (non-hydrogen) atoms. The number of urea groups is 1. The molecule has 0 saturated carbocycles. The van der Waals surface area contributed by atoms with Crippen LogP contribution in [0.3, 0.4) is 0 Å². The van der Waals surface area contributed by atoms with E-state index < -0.39 is 11.6 Å². The largest absolute Gasteiger partial charge is 0.444 e. The molecule has 1 aliphatic rings. The molecule has 1 aliphatic heterocycles. The molecule has 7 heteroatoms. The van der Waals surface area contributed by atoms with Crippen molar-refractivity contribution in [3.05, 3.63) is 51.6 Å². The van der Waals surface area contributed by atoms with Crippen molar-refractivity contribution in [3.8, 4) is 0 Å². The Morgan fingerprint density at radius 3 is 2.70 bits per heavy atom. The average molecular weight is 378 g/mol. The fourth-order valence-electron chi connectivity index (χ4n) is 2.58. The van der Waals surface area contributed by atoms with Crippen molar-refractivity contribution >= 4 is 27.9 Å². The maximum atomic E-state index is 12.8. The average Bonchev–Trinajstić information content (AvgIpc) is 2.92. The van der Waals surface area contributed by atoms with E-state index in [-0.39, 0.29) is 12.5 Å². The molecule has 120 valence electrons. The zero-order valence-corrected chi connectivity index (χ0v) is 14.6. The van der Waals surface area contributed by atoms with Gasteiger partial charge in [0.25, 0.3) is 5.91 Å². The number of benzene rings is 1. The van der Waals surface area contributed by atoms with Crippen molar-refractivity contribution in [2.24, 2.45) is 0 Å². The number of aryl methyl sites for hydroxylation is 2. The molecular weight excluding hydrogens is 362 g/mol. The topological polar surface area (TPSA) is 75.4 Å². The number of rotatable bonds is 3. The number of oxazole rings is 1. The quantitative estimate of drug-likeness (QED) is 0.834. The summed E-state index contributed by atoms with van der Waals surface area (Å²) < 4.78 is 6.32. The first-order chi connectivity index (χ1) is 10.8. The van der Waals surface area contributed by atoms with Crippen LogP contribution in [0.15, 0.2) is 33.2 Å². The molecule has 1 fully saturated rings. The SMILES string of the molecule is Cc1nc(CN2C(=O)N[C@@](C)(c3cccc(Br)c3)C2=O)oc1C. The first-order valence-electron chi connectivity index (χ1n) is 7.14. The standard InChI is InChI=1S/C16H16BrN3O3/c1-9-10(2)23-13(18-9)8-20-14(21)16(3,19-15(20)22)11-5-4-6-12(17)7-11/h4-7H,8H2,1-3H3,(H,19,22)/t16-/m0/s1. The van der Waals surface area contributed by atoms with E-state index in [0.717, 1.165) is 15.1 Å². The van der Waals surface area contributed by atoms with E-state index in [1.54, 1.807) is 13.8 Å². The summed E-state index contributed by atoms with van der Waals surface area (Å²) in [4.78, 5) is 30.4. The van der Waals surface area contributed by atoms with E-state index in [0.29, 0.717) is 17.2 Å². The highest BCUT2D eigenvalue weighted by atomic mass is 79.9. The molecule has 0 radical (unpaired) electrons. The van der Waals surface area contributed by atoms with Crippen LogP contribution in [0.4, 0.5) is 4.79 Å². The first kappa shape index (κ1) is 15.7. The molecule has 0 aliphatic carbocycles. The summed E-state index contributed by atoms with van der Waals surface area (Å²) in [5, 5.41) is 2.76. The number of hydrogen-bond acceptors (Lipinski definition) is 4. The van der Waals surface area contributed by atoms with Crippen LogP contribution >= 0.6 is 15.9 Å². The van der Waals surface area contributed by atoms with Crippen molar-refractivity contribution in [2.75, 3.05) is 0 Å². The van der Waals surface area contributed by atoms with Gasteiger partial charge in [-0.25, -0.2) is 9.78 Å². The van der Waals surface area contributed by atoms with Gasteiger partial charge in [0.05, 0.1) is 5.69 Å². The molecule has 6 nitrogen and oxygen atoms in total. The second-order valence-electron chi connectivity index (χ2n) is 5.71. The zero-order valence-electron chi connectivity index (χ0n) is 13.0. The number of hydrogen-bond donors (Lipinski definition) is 1. The Balaban J connectivity index is 1.90. The summed E-state index contributed by atoms with van der Waals surface area (Å²) in [6, 6.07) is 6.87. The molecule has 3 amide bonds. The van der Waals surface area contributed by atoms with Gasteiger partial charge in [-0.2, -0.15) is 0 Å². The number of amides is 3. The summed E-state index contributed by atoms with van der Waals surface area (Å²) >= 11 is 3.39. The van der Waals surface area contributed by atoms with Crippen LogP contribution in [0.25, 0.3) is 0 Å². The smallest absolute Gasteiger partial charge is 0.325 e. The molecule has 1 aromatic carbocycles. The summed E-state index contributed by atoms with van der Waals surface area (Å²) in [5.74, 6) is 0.706. The highest BCUT2D eigenvalue weighted by Crippen LogP contribution is 2.31. The van der Waals surface area contributed by atoms with Crippen LogP contribution in [0.1, 0.15) is 29.8 Å². The van der Waals surface area contributed by atoms with Crippen molar-refractivity contribution < 1.29 is 14.0 Å². The molecule has 0 unspecified atom stereocenters. The predicted molar refractivity (Wildman–Crippen MR) is 86.6 cm³/mol. The molecule has 3 rings (SSSR count). The second-order valence-corrected chi connectivity index (χ2v) is 6.62. The van der Waals surface area contributed by atoms with Crippen LogP contribution in [-0.4, -0.2) is 21.8 Å². The van der Waals surface area contributed by atoms with Crippen molar-refractivity contribution in [2.45, 2.75) is 32.9 Å². The second kappa shape index (κ2) is 5.49. The Hall–Kier alpha value is -2.15. The van der Waals surface area contributed by atoms with E-state index in [9.17, 15) is 9.59 Å². The van der Waals surface area contributed by atoms with E-state index in [1.807, 2.05) is 31.2 Å². The van der Waals surface area contributed by atoms with Crippen molar-refractivity contribution in [1.29, 1.82) is 0 Å². The van der Waals surface area contributed by atoms with Crippen LogP contribution < -0.4 is 5.32 Å². The summed E-state index contributed by atoms with van der Waals surface area (Å²) in [6.45, 7) is 5.33. The molecule has 1 saturated heterocycles. The highest BCUT2D eigenvalue weighted by molar-refractivity contribution is 9.10. The van der Waals surface area contributed by atoms with Gasteiger partial charge in [-0.1, -0.05) is 28.1 Å². The molecule has 0 spiro atoms. The Labute approximate surface area is 142 Å². The third-order valence-corrected chi connectivity index (χ3v) is 4.54. The Morgan fingerprint density at radius 1 is 1.35 bits per heavy atom. The fourth-order valence-corrected chi connectivity index (χ4v) is 2.98. The summed E-state index contributed by atoms with van der Waals surface area (Å²) in [7, 11) is 0. The van der Waals surface area contributed by atoms with Gasteiger partial charge in [0, 0.05) is 4.47 Å². The lowest BCUT2D eigenvalue weighted by Gasteiger charge is -2.22. The van der Waals surface area contributed by atoms with Gasteiger partial charge in [0.15, 0.2) is 0 Å². The lowest BCUT2D eigenvalue weighted by molar-refractivity contribution is -0.131. The van der Waals surface area contributed by atoms with Crippen LogP contribution in [0, 0.1) is 13.8 Å². The van der Waals surface area contributed by atoms with E-state index in [4.69, 9.17) is 4.42 Å². The minimum Gasteiger partial charge on any atom is -0.444 e.